The Morgan fingerprint density at radius 3 is 2.74 bits per heavy atom. The molecule has 0 spiro atoms. The van der Waals surface area contributed by atoms with Crippen molar-refractivity contribution in [1.29, 1.82) is 0 Å². The largest absolute Gasteiger partial charge is 0.465 e. The fraction of sp³-hybridized carbons (Fsp3) is 0.263. The van der Waals surface area contributed by atoms with Gasteiger partial charge in [-0.3, -0.25) is 4.79 Å². The van der Waals surface area contributed by atoms with Crippen LogP contribution in [0.2, 0.25) is 5.02 Å². The summed E-state index contributed by atoms with van der Waals surface area (Å²) in [5.74, 6) is -1.45. The molecule has 1 aliphatic heterocycles. The van der Waals surface area contributed by atoms with Crippen molar-refractivity contribution < 1.29 is 19.4 Å². The average molecular weight is 391 g/mol. The van der Waals surface area contributed by atoms with E-state index in [2.05, 4.69) is 0 Å². The molecule has 3 rings (SSSR count). The number of pyridine rings is 1. The number of hydrogen-bond donors (Lipinski definition) is 2. The van der Waals surface area contributed by atoms with Gasteiger partial charge in [0.05, 0.1) is 25.2 Å². The van der Waals surface area contributed by atoms with E-state index in [0.29, 0.717) is 16.3 Å². The van der Waals surface area contributed by atoms with Crippen LogP contribution in [0.5, 0.6) is 5.75 Å². The number of fused-ring (bicyclic) bond motifs is 1. The van der Waals surface area contributed by atoms with Crippen molar-refractivity contribution in [2.24, 2.45) is 5.73 Å². The van der Waals surface area contributed by atoms with E-state index >= 15 is 0 Å². The molecular weight excluding hydrogens is 372 g/mol. The highest BCUT2D eigenvalue weighted by Gasteiger charge is 2.39. The van der Waals surface area contributed by atoms with Crippen LogP contribution >= 0.6 is 11.6 Å². The van der Waals surface area contributed by atoms with Crippen molar-refractivity contribution in [2.75, 3.05) is 13.7 Å². The molecule has 142 valence electrons. The first-order valence-electron chi connectivity index (χ1n) is 8.26. The highest BCUT2D eigenvalue weighted by atomic mass is 35.5. The zero-order valence-corrected chi connectivity index (χ0v) is 15.6. The van der Waals surface area contributed by atoms with E-state index in [1.807, 2.05) is 0 Å². The molecule has 2 heterocycles. The summed E-state index contributed by atoms with van der Waals surface area (Å²) in [4.78, 5) is 25.6. The van der Waals surface area contributed by atoms with Gasteiger partial charge in [0.15, 0.2) is 0 Å². The van der Waals surface area contributed by atoms with Gasteiger partial charge in [-0.05, 0) is 18.6 Å². The summed E-state index contributed by atoms with van der Waals surface area (Å²) in [7, 11) is 1.22. The third kappa shape index (κ3) is 3.20. The van der Waals surface area contributed by atoms with Crippen LogP contribution in [0.3, 0.4) is 0 Å². The Morgan fingerprint density at radius 1 is 1.41 bits per heavy atom. The number of aromatic nitrogens is 1. The lowest BCUT2D eigenvalue weighted by atomic mass is 9.83. The normalized spacial score (nSPS) is 15.9. The maximum atomic E-state index is 13.2. The lowest BCUT2D eigenvalue weighted by Gasteiger charge is -2.29. The number of benzene rings is 1. The predicted molar refractivity (Wildman–Crippen MR) is 99.7 cm³/mol. The number of aliphatic hydroxyl groups excluding tert-OH is 1. The minimum absolute atomic E-state index is 0.00889. The van der Waals surface area contributed by atoms with E-state index in [4.69, 9.17) is 26.8 Å². The Bertz CT molecular complexity index is 996. The van der Waals surface area contributed by atoms with Gasteiger partial charge in [0.1, 0.15) is 11.3 Å². The van der Waals surface area contributed by atoms with Crippen LogP contribution in [-0.4, -0.2) is 29.4 Å². The monoisotopic (exact) mass is 390 g/mol. The summed E-state index contributed by atoms with van der Waals surface area (Å²) in [6.45, 7) is 1.62. The Balaban J connectivity index is 2.36. The van der Waals surface area contributed by atoms with Gasteiger partial charge in [-0.1, -0.05) is 29.8 Å². The molecule has 1 aromatic heterocycles. The van der Waals surface area contributed by atoms with E-state index in [-0.39, 0.29) is 35.9 Å². The molecular formula is C19H19ClN2O5. The maximum absolute atomic E-state index is 13.2. The number of aryl methyl sites for hydroxylation is 1. The predicted octanol–water partition coefficient (Wildman–Crippen LogP) is 1.67. The summed E-state index contributed by atoms with van der Waals surface area (Å²) in [6, 6.07) is 8.53. The summed E-state index contributed by atoms with van der Waals surface area (Å²) in [5.41, 5.74) is 6.98. The number of nitrogens with two attached hydrogens (primary N) is 1. The fourth-order valence-electron chi connectivity index (χ4n) is 3.29. The SMILES string of the molecule is COC(=O)C1=C(N)Oc2cc(C)n(CCO)c(=O)c2[C@H]1c1ccccc1Cl. The quantitative estimate of drug-likeness (QED) is 0.769. The van der Waals surface area contributed by atoms with Crippen molar-refractivity contribution in [3.8, 4) is 5.75 Å². The standard InChI is InChI=1S/C19H19ClN2O5/c1-10-9-13-15(18(24)22(10)7-8-23)14(11-5-3-4-6-12(11)20)16(17(21)27-13)19(25)26-2/h3-6,9,14,23H,7-8,21H2,1-2H3/t14-/m1/s1. The van der Waals surface area contributed by atoms with Gasteiger partial charge >= 0.3 is 5.97 Å². The fourth-order valence-corrected chi connectivity index (χ4v) is 3.54. The van der Waals surface area contributed by atoms with Crippen LogP contribution in [0.25, 0.3) is 0 Å². The average Bonchev–Trinajstić information content (AvgIpc) is 2.64. The van der Waals surface area contributed by atoms with Crippen LogP contribution in [0.1, 0.15) is 22.7 Å². The molecule has 7 nitrogen and oxygen atoms in total. The van der Waals surface area contributed by atoms with Gasteiger partial charge in [-0.15, -0.1) is 0 Å². The minimum atomic E-state index is -0.854. The van der Waals surface area contributed by atoms with Gasteiger partial charge in [0, 0.05) is 23.3 Å². The number of aliphatic hydroxyl groups is 1. The molecule has 0 radical (unpaired) electrons. The molecule has 2 aromatic rings. The number of rotatable bonds is 4. The first-order chi connectivity index (χ1) is 12.9. The van der Waals surface area contributed by atoms with Crippen LogP contribution < -0.4 is 16.0 Å². The Kier molecular flexibility index (Phi) is 5.25. The smallest absolute Gasteiger partial charge is 0.340 e. The van der Waals surface area contributed by atoms with E-state index in [9.17, 15) is 14.7 Å². The van der Waals surface area contributed by atoms with Crippen LogP contribution in [-0.2, 0) is 16.1 Å². The number of carbonyl (C=O) groups excluding carboxylic acids is 1. The Labute approximate surface area is 160 Å². The van der Waals surface area contributed by atoms with E-state index in [1.54, 1.807) is 37.3 Å². The van der Waals surface area contributed by atoms with Gasteiger partial charge < -0.3 is 24.9 Å². The molecule has 0 saturated heterocycles. The number of halogens is 1. The summed E-state index contributed by atoms with van der Waals surface area (Å²) < 4.78 is 11.9. The van der Waals surface area contributed by atoms with Crippen molar-refractivity contribution in [3.05, 3.63) is 74.0 Å². The topological polar surface area (TPSA) is 104 Å². The molecule has 1 atom stereocenters. The van der Waals surface area contributed by atoms with E-state index in [0.717, 1.165) is 0 Å². The zero-order valence-electron chi connectivity index (χ0n) is 14.9. The summed E-state index contributed by atoms with van der Waals surface area (Å²) >= 11 is 6.36. The second-order valence-corrected chi connectivity index (χ2v) is 6.48. The molecule has 0 amide bonds. The molecule has 0 saturated carbocycles. The molecule has 1 aliphatic rings. The van der Waals surface area contributed by atoms with Crippen LogP contribution in [0, 0.1) is 6.92 Å². The number of carbonyl (C=O) groups is 1. The molecule has 1 aromatic carbocycles. The number of methoxy groups -OCH3 is 1. The zero-order chi connectivity index (χ0) is 19.7. The lowest BCUT2D eigenvalue weighted by Crippen LogP contribution is -2.35. The van der Waals surface area contributed by atoms with E-state index < -0.39 is 17.4 Å². The van der Waals surface area contributed by atoms with Crippen molar-refractivity contribution in [3.63, 3.8) is 0 Å². The second-order valence-electron chi connectivity index (χ2n) is 6.07. The third-order valence-corrected chi connectivity index (χ3v) is 4.86. The molecule has 0 unspecified atom stereocenters. The van der Waals surface area contributed by atoms with Gasteiger partial charge in [-0.2, -0.15) is 0 Å². The lowest BCUT2D eigenvalue weighted by molar-refractivity contribution is -0.136. The van der Waals surface area contributed by atoms with Gasteiger partial charge in [-0.25, -0.2) is 4.79 Å². The number of ether oxygens (including phenoxy) is 2. The number of nitrogens with zero attached hydrogens (tertiary/aromatic N) is 1. The molecule has 27 heavy (non-hydrogen) atoms. The second kappa shape index (κ2) is 7.46. The molecule has 8 heteroatoms. The van der Waals surface area contributed by atoms with Crippen LogP contribution in [0.4, 0.5) is 0 Å². The van der Waals surface area contributed by atoms with Crippen molar-refractivity contribution >= 4 is 17.6 Å². The highest BCUT2D eigenvalue weighted by Crippen LogP contribution is 2.43. The van der Waals surface area contributed by atoms with Crippen molar-refractivity contribution in [2.45, 2.75) is 19.4 Å². The molecule has 0 aliphatic carbocycles. The first-order valence-corrected chi connectivity index (χ1v) is 8.63. The molecule has 0 bridgehead atoms. The molecule has 0 fully saturated rings. The molecule has 3 N–H and O–H groups in total. The summed E-state index contributed by atoms with van der Waals surface area (Å²) in [6.07, 6.45) is 0. The number of hydrogen-bond acceptors (Lipinski definition) is 6. The van der Waals surface area contributed by atoms with Gasteiger partial charge in [0.25, 0.3) is 5.56 Å². The Morgan fingerprint density at radius 2 is 2.11 bits per heavy atom. The minimum Gasteiger partial charge on any atom is -0.465 e. The Hall–Kier alpha value is -2.77. The van der Waals surface area contributed by atoms with E-state index in [1.165, 1.54) is 11.7 Å². The maximum Gasteiger partial charge on any atom is 0.340 e. The number of esters is 1. The van der Waals surface area contributed by atoms with Gasteiger partial charge in [0.2, 0.25) is 5.88 Å². The van der Waals surface area contributed by atoms with Crippen molar-refractivity contribution in [1.82, 2.24) is 4.57 Å². The third-order valence-electron chi connectivity index (χ3n) is 4.51. The highest BCUT2D eigenvalue weighted by molar-refractivity contribution is 6.31. The summed E-state index contributed by atoms with van der Waals surface area (Å²) in [5, 5.41) is 9.68. The van der Waals surface area contributed by atoms with Crippen LogP contribution in [0.15, 0.2) is 46.6 Å². The first kappa shape index (κ1) is 19.0.